The van der Waals surface area contributed by atoms with E-state index in [1.807, 2.05) is 30.3 Å². The van der Waals surface area contributed by atoms with Crippen molar-refractivity contribution in [2.45, 2.75) is 44.6 Å². The molecule has 2 N–H and O–H groups in total. The van der Waals surface area contributed by atoms with Gasteiger partial charge in [-0.1, -0.05) is 66.2 Å². The standard InChI is InChI=1S/C30H28ClN3O3/c1-18(19-7-9-21(10-8-19)20-5-3-2-4-6-20)34-27-24(11-12-26(31)25(27)17-32-34)28(35)33-23-15-30(16-23)13-22(14-30)29(36)37/h2-12,17-18,22-23H,13-16H2,1H3,(H,33,35)(H,36,37)/t18-,22?,23?,30?/m1/s1/i1D3,18D. The fraction of sp³-hybridized carbons (Fsp3) is 0.300. The van der Waals surface area contributed by atoms with Gasteiger partial charge in [0, 0.05) is 15.5 Å². The SMILES string of the molecule is [2H]C([2H])([2H])[C@]([2H])(c1ccc(-c2ccccc2)cc1)n1ncc2c(Cl)ccc(C(=O)NC3CC4(C3)CC(C(=O)O)C4)c21. The Morgan fingerprint density at radius 2 is 1.78 bits per heavy atom. The second kappa shape index (κ2) is 9.03. The first-order valence-corrected chi connectivity index (χ1v) is 12.7. The van der Waals surface area contributed by atoms with Crippen LogP contribution in [0.1, 0.15) is 60.0 Å². The number of carboxylic acids is 1. The molecule has 1 spiro atoms. The quantitative estimate of drug-likeness (QED) is 0.312. The van der Waals surface area contributed by atoms with Crippen LogP contribution in [0.2, 0.25) is 5.02 Å². The van der Waals surface area contributed by atoms with E-state index in [0.29, 0.717) is 31.1 Å². The Balaban J connectivity index is 1.35. The molecule has 2 aliphatic carbocycles. The minimum atomic E-state index is -2.86. The molecule has 6 nitrogen and oxygen atoms in total. The summed E-state index contributed by atoms with van der Waals surface area (Å²) in [5, 5.41) is 17.2. The molecule has 0 aliphatic heterocycles. The van der Waals surface area contributed by atoms with Crippen LogP contribution in [-0.2, 0) is 4.79 Å². The summed E-state index contributed by atoms with van der Waals surface area (Å²) in [7, 11) is 0. The topological polar surface area (TPSA) is 84.2 Å². The molecule has 0 bridgehead atoms. The monoisotopic (exact) mass is 517 g/mol. The third-order valence-electron chi connectivity index (χ3n) is 7.80. The van der Waals surface area contributed by atoms with Crippen LogP contribution in [0.4, 0.5) is 0 Å². The summed E-state index contributed by atoms with van der Waals surface area (Å²) in [4.78, 5) is 24.7. The Kier molecular flexibility index (Phi) is 4.75. The van der Waals surface area contributed by atoms with E-state index < -0.39 is 24.7 Å². The average Bonchev–Trinajstić information content (AvgIpc) is 3.35. The highest BCUT2D eigenvalue weighted by atomic mass is 35.5. The molecule has 1 aromatic heterocycles. The normalized spacial score (nSPS) is 26.1. The number of nitrogens with zero attached hydrogens (tertiary/aromatic N) is 2. The van der Waals surface area contributed by atoms with Crippen LogP contribution in [0.3, 0.4) is 0 Å². The molecule has 0 radical (unpaired) electrons. The molecular weight excluding hydrogens is 486 g/mol. The zero-order valence-corrected chi connectivity index (χ0v) is 20.7. The molecule has 6 rings (SSSR count). The molecule has 7 heteroatoms. The molecule has 2 saturated carbocycles. The van der Waals surface area contributed by atoms with Crippen molar-refractivity contribution in [3.8, 4) is 11.1 Å². The minimum Gasteiger partial charge on any atom is -0.481 e. The van der Waals surface area contributed by atoms with Gasteiger partial charge in [0.15, 0.2) is 0 Å². The largest absolute Gasteiger partial charge is 0.481 e. The third-order valence-corrected chi connectivity index (χ3v) is 8.13. The van der Waals surface area contributed by atoms with Gasteiger partial charge in [0.2, 0.25) is 0 Å². The predicted molar refractivity (Wildman–Crippen MR) is 144 cm³/mol. The summed E-state index contributed by atoms with van der Waals surface area (Å²) >= 11 is 6.46. The number of aliphatic carboxylic acids is 1. The van der Waals surface area contributed by atoms with Crippen LogP contribution >= 0.6 is 11.6 Å². The van der Waals surface area contributed by atoms with E-state index in [4.69, 9.17) is 15.7 Å². The number of carbonyl (C=O) groups is 2. The Labute approximate surface area is 225 Å². The number of fused-ring (bicyclic) bond motifs is 1. The minimum absolute atomic E-state index is 0.0262. The van der Waals surface area contributed by atoms with E-state index in [1.165, 1.54) is 12.3 Å². The van der Waals surface area contributed by atoms with Crippen molar-refractivity contribution in [1.29, 1.82) is 0 Å². The van der Waals surface area contributed by atoms with Gasteiger partial charge in [0.1, 0.15) is 0 Å². The molecule has 1 atom stereocenters. The van der Waals surface area contributed by atoms with Crippen LogP contribution in [0, 0.1) is 11.3 Å². The van der Waals surface area contributed by atoms with Gasteiger partial charge >= 0.3 is 5.97 Å². The maximum absolute atomic E-state index is 13.5. The zero-order chi connectivity index (χ0) is 29.2. The molecule has 2 fully saturated rings. The highest BCUT2D eigenvalue weighted by Gasteiger charge is 2.55. The first kappa shape index (κ1) is 19.5. The van der Waals surface area contributed by atoms with Crippen molar-refractivity contribution in [1.82, 2.24) is 15.1 Å². The van der Waals surface area contributed by atoms with Gasteiger partial charge in [-0.05, 0) is 66.8 Å². The van der Waals surface area contributed by atoms with E-state index >= 15 is 0 Å². The molecule has 0 saturated heterocycles. The van der Waals surface area contributed by atoms with Gasteiger partial charge < -0.3 is 10.4 Å². The number of hydrogen-bond donors (Lipinski definition) is 2. The molecule has 4 aromatic rings. The fourth-order valence-electron chi connectivity index (χ4n) is 5.88. The van der Waals surface area contributed by atoms with Crippen molar-refractivity contribution >= 4 is 34.4 Å². The fourth-order valence-corrected chi connectivity index (χ4v) is 6.08. The van der Waals surface area contributed by atoms with Crippen molar-refractivity contribution in [2.75, 3.05) is 0 Å². The number of benzene rings is 3. The Morgan fingerprint density at radius 3 is 2.46 bits per heavy atom. The summed E-state index contributed by atoms with van der Waals surface area (Å²) in [6.07, 6.45) is 4.03. The third kappa shape index (κ3) is 4.19. The second-order valence-corrected chi connectivity index (χ2v) is 10.6. The van der Waals surface area contributed by atoms with Crippen LogP contribution in [0.5, 0.6) is 0 Å². The van der Waals surface area contributed by atoms with E-state index in [1.54, 1.807) is 30.3 Å². The number of hydrogen-bond acceptors (Lipinski definition) is 3. The molecule has 188 valence electrons. The molecule has 37 heavy (non-hydrogen) atoms. The summed E-state index contributed by atoms with van der Waals surface area (Å²) in [6, 6.07) is 17.0. The van der Waals surface area contributed by atoms with Crippen molar-refractivity contribution < 1.29 is 20.2 Å². The number of rotatable bonds is 6. The summed E-state index contributed by atoms with van der Waals surface area (Å²) in [5.41, 5.74) is 2.32. The van der Waals surface area contributed by atoms with Gasteiger partial charge in [0.25, 0.3) is 5.91 Å². The van der Waals surface area contributed by atoms with E-state index in [-0.39, 0.29) is 39.0 Å². The number of aromatic nitrogens is 2. The smallest absolute Gasteiger partial charge is 0.306 e. The Bertz CT molecular complexity index is 1640. The van der Waals surface area contributed by atoms with Crippen LogP contribution in [-0.4, -0.2) is 32.8 Å². The molecule has 1 heterocycles. The van der Waals surface area contributed by atoms with Gasteiger partial charge in [-0.15, -0.1) is 0 Å². The average molecular weight is 518 g/mol. The lowest BCUT2D eigenvalue weighted by Gasteiger charge is -2.56. The first-order chi connectivity index (χ1) is 19.4. The molecular formula is C30H28ClN3O3. The summed E-state index contributed by atoms with van der Waals surface area (Å²) in [6.45, 7) is -2.86. The van der Waals surface area contributed by atoms with E-state index in [2.05, 4.69) is 10.4 Å². The molecule has 2 aliphatic rings. The maximum Gasteiger partial charge on any atom is 0.306 e. The number of carboxylic acid groups (broad SMARTS) is 1. The summed E-state index contributed by atoms with van der Waals surface area (Å²) in [5.74, 6) is -1.51. The highest BCUT2D eigenvalue weighted by Crippen LogP contribution is 2.58. The lowest BCUT2D eigenvalue weighted by atomic mass is 9.50. The Morgan fingerprint density at radius 1 is 1.08 bits per heavy atom. The maximum atomic E-state index is 13.5. The number of halogens is 1. The molecule has 0 unspecified atom stereocenters. The highest BCUT2D eigenvalue weighted by molar-refractivity contribution is 6.36. The van der Waals surface area contributed by atoms with Gasteiger partial charge in [0.05, 0.1) is 35.6 Å². The lowest BCUT2D eigenvalue weighted by molar-refractivity contribution is -0.155. The van der Waals surface area contributed by atoms with Crippen LogP contribution in [0.15, 0.2) is 72.9 Å². The molecule has 1 amide bonds. The summed E-state index contributed by atoms with van der Waals surface area (Å²) < 4.78 is 35.7. The predicted octanol–water partition coefficient (Wildman–Crippen LogP) is 6.34. The van der Waals surface area contributed by atoms with Crippen LogP contribution < -0.4 is 5.32 Å². The van der Waals surface area contributed by atoms with Gasteiger partial charge in [-0.2, -0.15) is 5.10 Å². The Hall–Kier alpha value is -3.64. The number of amides is 1. The zero-order valence-electron chi connectivity index (χ0n) is 23.9. The van der Waals surface area contributed by atoms with Crippen LogP contribution in [0.25, 0.3) is 22.0 Å². The number of carbonyl (C=O) groups excluding carboxylic acids is 1. The van der Waals surface area contributed by atoms with E-state index in [0.717, 1.165) is 15.8 Å². The lowest BCUT2D eigenvalue weighted by Crippen LogP contribution is -2.57. The van der Waals surface area contributed by atoms with E-state index in [9.17, 15) is 16.1 Å². The van der Waals surface area contributed by atoms with Gasteiger partial charge in [-0.25, -0.2) is 0 Å². The number of nitrogens with one attached hydrogen (secondary N) is 1. The second-order valence-electron chi connectivity index (χ2n) is 10.2. The van der Waals surface area contributed by atoms with Crippen molar-refractivity contribution in [3.63, 3.8) is 0 Å². The molecule has 3 aromatic carbocycles. The van der Waals surface area contributed by atoms with Crippen molar-refractivity contribution in [2.24, 2.45) is 11.3 Å². The first-order valence-electron chi connectivity index (χ1n) is 14.3. The van der Waals surface area contributed by atoms with Crippen molar-refractivity contribution in [3.05, 3.63) is 89.1 Å². The van der Waals surface area contributed by atoms with Gasteiger partial charge in [-0.3, -0.25) is 14.3 Å².